The fourth-order valence-corrected chi connectivity index (χ4v) is 4.42. The molecule has 0 spiro atoms. The smallest absolute Gasteiger partial charge is 0.0172 e. The van der Waals surface area contributed by atoms with Gasteiger partial charge in [0.25, 0.3) is 0 Å². The fraction of sp³-hybridized carbons (Fsp3) is 0.150. The van der Waals surface area contributed by atoms with Crippen molar-refractivity contribution in [3.8, 4) is 33.4 Å². The van der Waals surface area contributed by atoms with E-state index >= 15 is 0 Å². The molecular weight excluding hydrogens is 480 g/mol. The Balaban J connectivity index is 0.00000196. The maximum absolute atomic E-state index is 4.02. The quantitative estimate of drug-likeness (QED) is 0.200. The van der Waals surface area contributed by atoms with Gasteiger partial charge in [0.2, 0.25) is 0 Å². The first-order valence-corrected chi connectivity index (χ1v) is 13.3. The minimum Gasteiger partial charge on any atom is -0.0991 e. The van der Waals surface area contributed by atoms with Crippen LogP contribution in [0.3, 0.4) is 0 Å². The molecule has 0 radical (unpaired) electrons. The van der Waals surface area contributed by atoms with Gasteiger partial charge >= 0.3 is 0 Å². The summed E-state index contributed by atoms with van der Waals surface area (Å²) in [7, 11) is 0. The van der Waals surface area contributed by atoms with Crippen molar-refractivity contribution < 1.29 is 0 Å². The van der Waals surface area contributed by atoms with Crippen LogP contribution in [0.4, 0.5) is 0 Å². The molecule has 4 aromatic carbocycles. The predicted octanol–water partition coefficient (Wildman–Crippen LogP) is 12.7. The highest BCUT2D eigenvalue weighted by molar-refractivity contribution is 5.84. The summed E-state index contributed by atoms with van der Waals surface area (Å²) in [6.07, 6.45) is 12.0. The molecule has 0 heterocycles. The third kappa shape index (κ3) is 8.29. The maximum Gasteiger partial charge on any atom is -0.0172 e. The molecular formula is C40H46. The molecule has 0 saturated carbocycles. The van der Waals surface area contributed by atoms with Crippen LogP contribution in [0.2, 0.25) is 0 Å². The standard InChI is InChI=1S/C36H32.C2H6.2CH4/c1-5-9-14-28(8-4)32-17-13-18-33(23-32)30-19-21-31(22-20-30)36-25-34(27(6-2)7-3)24-35(26-36)29-15-11-10-12-16-29;1-2;;/h5-26H,1-2H2,3-4H3;1-2H3;2*1H4/b14-9-,27-7+,28-8+;;;. The van der Waals surface area contributed by atoms with Crippen molar-refractivity contribution in [3.05, 3.63) is 158 Å². The highest BCUT2D eigenvalue weighted by Crippen LogP contribution is 2.33. The van der Waals surface area contributed by atoms with E-state index in [1.807, 2.05) is 26.0 Å². The molecule has 0 saturated heterocycles. The van der Waals surface area contributed by atoms with Crippen LogP contribution < -0.4 is 0 Å². The predicted molar refractivity (Wildman–Crippen MR) is 184 cm³/mol. The first-order valence-electron chi connectivity index (χ1n) is 13.3. The lowest BCUT2D eigenvalue weighted by Gasteiger charge is -2.12. The summed E-state index contributed by atoms with van der Waals surface area (Å²) in [6.45, 7) is 15.9. The van der Waals surface area contributed by atoms with E-state index in [9.17, 15) is 0 Å². The van der Waals surface area contributed by atoms with Gasteiger partial charge in [-0.1, -0.05) is 151 Å². The summed E-state index contributed by atoms with van der Waals surface area (Å²) in [5, 5.41) is 0. The summed E-state index contributed by atoms with van der Waals surface area (Å²) in [6, 6.07) is 34.8. The van der Waals surface area contributed by atoms with Crippen LogP contribution in [-0.2, 0) is 0 Å². The minimum atomic E-state index is 0. The Morgan fingerprint density at radius 1 is 0.525 bits per heavy atom. The topological polar surface area (TPSA) is 0 Å². The van der Waals surface area contributed by atoms with E-state index in [4.69, 9.17) is 0 Å². The van der Waals surface area contributed by atoms with Crippen molar-refractivity contribution in [3.63, 3.8) is 0 Å². The summed E-state index contributed by atoms with van der Waals surface area (Å²) in [5.41, 5.74) is 11.9. The lowest BCUT2D eigenvalue weighted by molar-refractivity contribution is 1.50. The van der Waals surface area contributed by atoms with E-state index < -0.39 is 0 Å². The van der Waals surface area contributed by atoms with Gasteiger partial charge in [-0.2, -0.15) is 0 Å². The largest absolute Gasteiger partial charge is 0.0991 e. The van der Waals surface area contributed by atoms with E-state index in [0.717, 1.165) is 5.57 Å². The van der Waals surface area contributed by atoms with Crippen LogP contribution in [0.1, 0.15) is 53.7 Å². The van der Waals surface area contributed by atoms with Crippen molar-refractivity contribution in [2.45, 2.75) is 42.5 Å². The van der Waals surface area contributed by atoms with Gasteiger partial charge in [0.1, 0.15) is 0 Å². The number of benzene rings is 4. The third-order valence-electron chi connectivity index (χ3n) is 6.37. The Bertz CT molecular complexity index is 1440. The Labute approximate surface area is 244 Å². The maximum atomic E-state index is 4.02. The van der Waals surface area contributed by atoms with Gasteiger partial charge in [0.15, 0.2) is 0 Å². The third-order valence-corrected chi connectivity index (χ3v) is 6.37. The second kappa shape index (κ2) is 17.2. The van der Waals surface area contributed by atoms with Crippen molar-refractivity contribution in [1.29, 1.82) is 0 Å². The lowest BCUT2D eigenvalue weighted by atomic mass is 9.92. The number of allylic oxidation sites excluding steroid dienone is 8. The summed E-state index contributed by atoms with van der Waals surface area (Å²) in [4.78, 5) is 0. The molecule has 40 heavy (non-hydrogen) atoms. The molecule has 0 unspecified atom stereocenters. The Hall–Kier alpha value is -4.42. The number of hydrogen-bond donors (Lipinski definition) is 0. The van der Waals surface area contributed by atoms with Crippen molar-refractivity contribution in [2.24, 2.45) is 0 Å². The second-order valence-electron chi connectivity index (χ2n) is 8.61. The first kappa shape index (κ1) is 33.6. The van der Waals surface area contributed by atoms with E-state index in [2.05, 4.69) is 142 Å². The highest BCUT2D eigenvalue weighted by atomic mass is 14.1. The van der Waals surface area contributed by atoms with E-state index in [-0.39, 0.29) is 14.9 Å². The van der Waals surface area contributed by atoms with Crippen molar-refractivity contribution in [2.75, 3.05) is 0 Å². The van der Waals surface area contributed by atoms with Crippen molar-refractivity contribution in [1.82, 2.24) is 0 Å². The Morgan fingerprint density at radius 2 is 1.02 bits per heavy atom. The zero-order chi connectivity index (χ0) is 27.3. The molecule has 0 bridgehead atoms. The number of hydrogen-bond acceptors (Lipinski definition) is 0. The molecule has 0 N–H and O–H groups in total. The highest BCUT2D eigenvalue weighted by Gasteiger charge is 2.08. The molecule has 0 aliphatic carbocycles. The molecule has 0 aliphatic rings. The normalized spacial score (nSPS) is 11.0. The minimum absolute atomic E-state index is 0. The molecule has 0 heteroatoms. The Kier molecular flexibility index (Phi) is 14.5. The first-order chi connectivity index (χ1) is 18.7. The van der Waals surface area contributed by atoms with Gasteiger partial charge in [-0.25, -0.2) is 0 Å². The van der Waals surface area contributed by atoms with Gasteiger partial charge in [-0.05, 0) is 93.8 Å². The van der Waals surface area contributed by atoms with Gasteiger partial charge in [-0.3, -0.25) is 0 Å². The van der Waals surface area contributed by atoms with E-state index in [0.29, 0.717) is 0 Å². The zero-order valence-corrected chi connectivity index (χ0v) is 23.1. The monoisotopic (exact) mass is 526 g/mol. The summed E-state index contributed by atoms with van der Waals surface area (Å²) < 4.78 is 0. The summed E-state index contributed by atoms with van der Waals surface area (Å²) >= 11 is 0. The molecule has 0 atom stereocenters. The van der Waals surface area contributed by atoms with E-state index in [1.165, 1.54) is 50.1 Å². The number of rotatable bonds is 8. The molecule has 0 aromatic heterocycles. The van der Waals surface area contributed by atoms with Crippen LogP contribution in [0.15, 0.2) is 147 Å². The van der Waals surface area contributed by atoms with Gasteiger partial charge in [0, 0.05) is 0 Å². The van der Waals surface area contributed by atoms with Crippen LogP contribution >= 0.6 is 0 Å². The van der Waals surface area contributed by atoms with Gasteiger partial charge in [0.05, 0.1) is 0 Å². The molecule has 0 fully saturated rings. The van der Waals surface area contributed by atoms with Crippen LogP contribution in [-0.4, -0.2) is 0 Å². The molecule has 0 aliphatic heterocycles. The SMILES string of the molecule is C.C.C=C/C=C\C(=C/C)c1cccc(-c2ccc(-c3cc(/C(C=C)=C/C)cc(-c4ccccc4)c3)cc2)c1.CC. The van der Waals surface area contributed by atoms with Gasteiger partial charge < -0.3 is 0 Å². The van der Waals surface area contributed by atoms with Crippen LogP contribution in [0.5, 0.6) is 0 Å². The Morgan fingerprint density at radius 3 is 1.55 bits per heavy atom. The summed E-state index contributed by atoms with van der Waals surface area (Å²) in [5.74, 6) is 0. The fourth-order valence-electron chi connectivity index (χ4n) is 4.42. The van der Waals surface area contributed by atoms with Gasteiger partial charge in [-0.15, -0.1) is 0 Å². The average Bonchev–Trinajstić information content (AvgIpc) is 3.00. The zero-order valence-electron chi connectivity index (χ0n) is 23.1. The second-order valence-corrected chi connectivity index (χ2v) is 8.61. The molecule has 4 aromatic rings. The van der Waals surface area contributed by atoms with Crippen LogP contribution in [0.25, 0.3) is 44.5 Å². The molecule has 206 valence electrons. The molecule has 0 nitrogen and oxygen atoms in total. The van der Waals surface area contributed by atoms with Crippen molar-refractivity contribution >= 4 is 11.1 Å². The molecule has 4 rings (SSSR count). The van der Waals surface area contributed by atoms with Crippen LogP contribution in [0, 0.1) is 0 Å². The molecule has 0 amide bonds. The average molecular weight is 527 g/mol. The van der Waals surface area contributed by atoms with E-state index in [1.54, 1.807) is 6.08 Å². The lowest BCUT2D eigenvalue weighted by Crippen LogP contribution is -1.88.